The molecule has 1 N–H and O–H groups in total. The molecule has 0 bridgehead atoms. The summed E-state index contributed by atoms with van der Waals surface area (Å²) in [5.41, 5.74) is 1.51. The average Bonchev–Trinajstić information content (AvgIpc) is 3.03. The van der Waals surface area contributed by atoms with Gasteiger partial charge in [-0.3, -0.25) is 9.36 Å². The third kappa shape index (κ3) is 5.13. The molecular formula is C19H16Cl2N4OS. The van der Waals surface area contributed by atoms with Crippen LogP contribution in [0.2, 0.25) is 10.0 Å². The van der Waals surface area contributed by atoms with Gasteiger partial charge >= 0.3 is 0 Å². The fourth-order valence-corrected chi connectivity index (χ4v) is 3.72. The van der Waals surface area contributed by atoms with E-state index in [4.69, 9.17) is 23.2 Å². The number of benzene rings is 2. The minimum absolute atomic E-state index is 0.175. The highest BCUT2D eigenvalue weighted by Crippen LogP contribution is 2.25. The molecule has 1 aromatic heterocycles. The van der Waals surface area contributed by atoms with Gasteiger partial charge in [-0.25, -0.2) is 0 Å². The molecule has 0 unspecified atom stereocenters. The van der Waals surface area contributed by atoms with E-state index in [1.165, 1.54) is 11.8 Å². The number of carbonyl (C=O) groups is 1. The fraction of sp³-hybridized carbons (Fsp3) is 0.105. The van der Waals surface area contributed by atoms with Crippen LogP contribution in [0.5, 0.6) is 0 Å². The van der Waals surface area contributed by atoms with Crippen molar-refractivity contribution in [1.82, 2.24) is 14.8 Å². The summed E-state index contributed by atoms with van der Waals surface area (Å²) in [6.45, 7) is 4.34. The van der Waals surface area contributed by atoms with E-state index in [-0.39, 0.29) is 11.7 Å². The zero-order valence-electron chi connectivity index (χ0n) is 14.2. The summed E-state index contributed by atoms with van der Waals surface area (Å²) in [6, 6.07) is 14.7. The van der Waals surface area contributed by atoms with Crippen molar-refractivity contribution in [2.45, 2.75) is 11.7 Å². The summed E-state index contributed by atoms with van der Waals surface area (Å²) in [5.74, 6) is 0.724. The van der Waals surface area contributed by atoms with Crippen LogP contribution < -0.4 is 5.32 Å². The van der Waals surface area contributed by atoms with E-state index in [1.54, 1.807) is 24.3 Å². The minimum Gasteiger partial charge on any atom is -0.325 e. The normalized spacial score (nSPS) is 10.6. The number of anilines is 1. The standard InChI is InChI=1S/C19H16Cl2N4OS/c1-2-8-25-18(13-6-4-3-5-7-13)23-24-19(25)27-12-17(26)22-16-10-14(20)9-15(21)11-16/h2-7,9-11H,1,8,12H2,(H,22,26). The lowest BCUT2D eigenvalue weighted by molar-refractivity contribution is -0.113. The minimum atomic E-state index is -0.187. The molecule has 2 aromatic carbocycles. The second-order valence-corrected chi connectivity index (χ2v) is 7.38. The van der Waals surface area contributed by atoms with E-state index in [0.29, 0.717) is 27.4 Å². The van der Waals surface area contributed by atoms with Crippen molar-refractivity contribution in [1.29, 1.82) is 0 Å². The van der Waals surface area contributed by atoms with E-state index in [9.17, 15) is 4.79 Å². The highest BCUT2D eigenvalue weighted by molar-refractivity contribution is 7.99. The molecule has 0 saturated carbocycles. The highest BCUT2D eigenvalue weighted by atomic mass is 35.5. The van der Waals surface area contributed by atoms with Crippen molar-refractivity contribution in [3.63, 3.8) is 0 Å². The smallest absolute Gasteiger partial charge is 0.234 e. The van der Waals surface area contributed by atoms with Gasteiger partial charge in [0.2, 0.25) is 5.91 Å². The molecule has 3 aromatic rings. The number of nitrogens with zero attached hydrogens (tertiary/aromatic N) is 3. The Hall–Kier alpha value is -2.28. The summed E-state index contributed by atoms with van der Waals surface area (Å²) in [6.07, 6.45) is 1.77. The van der Waals surface area contributed by atoms with Crippen LogP contribution in [0.25, 0.3) is 11.4 Å². The zero-order chi connectivity index (χ0) is 19.2. The van der Waals surface area contributed by atoms with Crippen LogP contribution in [0.4, 0.5) is 5.69 Å². The first kappa shape index (κ1) is 19.5. The highest BCUT2D eigenvalue weighted by Gasteiger charge is 2.15. The maximum Gasteiger partial charge on any atom is 0.234 e. The van der Waals surface area contributed by atoms with E-state index < -0.39 is 0 Å². The number of rotatable bonds is 7. The Morgan fingerprint density at radius 3 is 2.52 bits per heavy atom. The second-order valence-electron chi connectivity index (χ2n) is 5.57. The molecule has 0 spiro atoms. The monoisotopic (exact) mass is 418 g/mol. The van der Waals surface area contributed by atoms with Crippen LogP contribution in [0.3, 0.4) is 0 Å². The fourth-order valence-electron chi connectivity index (χ4n) is 2.44. The molecule has 0 saturated heterocycles. The molecular weight excluding hydrogens is 403 g/mol. The lowest BCUT2D eigenvalue weighted by atomic mass is 10.2. The number of hydrogen-bond acceptors (Lipinski definition) is 4. The Labute approximate surface area is 171 Å². The topological polar surface area (TPSA) is 59.8 Å². The van der Waals surface area contributed by atoms with Crippen molar-refractivity contribution in [3.8, 4) is 11.4 Å². The summed E-state index contributed by atoms with van der Waals surface area (Å²) in [7, 11) is 0. The largest absolute Gasteiger partial charge is 0.325 e. The van der Waals surface area contributed by atoms with Crippen molar-refractivity contribution in [2.24, 2.45) is 0 Å². The molecule has 27 heavy (non-hydrogen) atoms. The van der Waals surface area contributed by atoms with E-state index in [0.717, 1.165) is 11.4 Å². The lowest BCUT2D eigenvalue weighted by Gasteiger charge is -2.08. The summed E-state index contributed by atoms with van der Waals surface area (Å²) < 4.78 is 1.93. The maximum absolute atomic E-state index is 12.3. The Bertz CT molecular complexity index is 939. The Balaban J connectivity index is 1.71. The summed E-state index contributed by atoms with van der Waals surface area (Å²) in [4.78, 5) is 12.3. The third-order valence-electron chi connectivity index (χ3n) is 3.54. The molecule has 0 aliphatic carbocycles. The molecule has 0 radical (unpaired) electrons. The molecule has 5 nitrogen and oxygen atoms in total. The quantitative estimate of drug-likeness (QED) is 0.424. The van der Waals surface area contributed by atoms with Crippen molar-refractivity contribution in [3.05, 3.63) is 71.2 Å². The molecule has 1 heterocycles. The number of nitrogens with one attached hydrogen (secondary N) is 1. The van der Waals surface area contributed by atoms with E-state index >= 15 is 0 Å². The Kier molecular flexibility index (Phi) is 6.55. The number of hydrogen-bond donors (Lipinski definition) is 1. The third-order valence-corrected chi connectivity index (χ3v) is 4.94. The molecule has 0 atom stereocenters. The van der Waals surface area contributed by atoms with Gasteiger partial charge in [0.15, 0.2) is 11.0 Å². The number of aromatic nitrogens is 3. The molecule has 0 aliphatic rings. The van der Waals surface area contributed by atoms with Gasteiger partial charge < -0.3 is 5.32 Å². The Morgan fingerprint density at radius 1 is 1.15 bits per heavy atom. The maximum atomic E-state index is 12.3. The predicted octanol–water partition coefficient (Wildman–Crippen LogP) is 5.17. The van der Waals surface area contributed by atoms with Crippen LogP contribution in [0.15, 0.2) is 66.3 Å². The lowest BCUT2D eigenvalue weighted by Crippen LogP contribution is -2.14. The zero-order valence-corrected chi connectivity index (χ0v) is 16.6. The van der Waals surface area contributed by atoms with E-state index in [1.807, 2.05) is 34.9 Å². The number of carbonyl (C=O) groups excluding carboxylic acids is 1. The van der Waals surface area contributed by atoms with Gasteiger partial charge in [0.1, 0.15) is 0 Å². The van der Waals surface area contributed by atoms with Gasteiger partial charge in [-0.15, -0.1) is 16.8 Å². The predicted molar refractivity (Wildman–Crippen MR) is 111 cm³/mol. The molecule has 8 heteroatoms. The average molecular weight is 419 g/mol. The van der Waals surface area contributed by atoms with Gasteiger partial charge in [-0.1, -0.05) is 71.4 Å². The number of halogens is 2. The molecule has 3 rings (SSSR count). The summed E-state index contributed by atoms with van der Waals surface area (Å²) >= 11 is 13.2. The van der Waals surface area contributed by atoms with Crippen molar-refractivity contribution >= 4 is 46.6 Å². The van der Waals surface area contributed by atoms with Gasteiger partial charge in [0, 0.05) is 27.8 Å². The van der Waals surface area contributed by atoms with Crippen molar-refractivity contribution in [2.75, 3.05) is 11.1 Å². The van der Waals surface area contributed by atoms with Crippen LogP contribution >= 0.6 is 35.0 Å². The first-order chi connectivity index (χ1) is 13.1. The van der Waals surface area contributed by atoms with Gasteiger partial charge in [0.25, 0.3) is 0 Å². The molecule has 0 fully saturated rings. The van der Waals surface area contributed by atoms with E-state index in [2.05, 4.69) is 22.1 Å². The van der Waals surface area contributed by atoms with Gasteiger partial charge in [0.05, 0.1) is 5.75 Å². The van der Waals surface area contributed by atoms with Crippen LogP contribution in [0, 0.1) is 0 Å². The SMILES string of the molecule is C=CCn1c(SCC(=O)Nc2cc(Cl)cc(Cl)c2)nnc1-c1ccccc1. The molecule has 0 aliphatic heterocycles. The molecule has 138 valence electrons. The summed E-state index contributed by atoms with van der Waals surface area (Å²) in [5, 5.41) is 12.8. The first-order valence-electron chi connectivity index (χ1n) is 8.05. The number of thioether (sulfide) groups is 1. The van der Waals surface area contributed by atoms with Crippen LogP contribution in [0.1, 0.15) is 0 Å². The van der Waals surface area contributed by atoms with Gasteiger partial charge in [-0.05, 0) is 18.2 Å². The number of allylic oxidation sites excluding steroid dienone is 1. The van der Waals surface area contributed by atoms with Crippen LogP contribution in [-0.4, -0.2) is 26.4 Å². The van der Waals surface area contributed by atoms with Gasteiger partial charge in [-0.2, -0.15) is 0 Å². The number of amides is 1. The van der Waals surface area contributed by atoms with Crippen LogP contribution in [-0.2, 0) is 11.3 Å². The second kappa shape index (κ2) is 9.08. The Morgan fingerprint density at radius 2 is 1.85 bits per heavy atom. The molecule has 1 amide bonds. The first-order valence-corrected chi connectivity index (χ1v) is 9.79. The van der Waals surface area contributed by atoms with Crippen molar-refractivity contribution < 1.29 is 4.79 Å².